The van der Waals surface area contributed by atoms with E-state index in [2.05, 4.69) is 26.0 Å². The molecular formula is C16H15ClO. The highest BCUT2D eigenvalue weighted by molar-refractivity contribution is 6.31. The Bertz CT molecular complexity index is 587. The number of Topliss-reactive ketones (excluding diaryl/α,β-unsaturated/α-hetero) is 1. The highest BCUT2D eigenvalue weighted by Gasteiger charge is 2.08. The van der Waals surface area contributed by atoms with Crippen LogP contribution in [0.1, 0.15) is 27.0 Å². The third kappa shape index (κ3) is 2.99. The topological polar surface area (TPSA) is 17.1 Å². The number of carbonyl (C=O) groups excluding carboxylic acids is 1. The molecule has 0 aliphatic rings. The first-order chi connectivity index (χ1) is 8.56. The van der Waals surface area contributed by atoms with E-state index in [-0.39, 0.29) is 5.78 Å². The van der Waals surface area contributed by atoms with Crippen molar-refractivity contribution in [2.45, 2.75) is 20.3 Å². The average Bonchev–Trinajstić information content (AvgIpc) is 2.34. The maximum atomic E-state index is 12.1. The molecular weight excluding hydrogens is 244 g/mol. The molecule has 0 unspecified atom stereocenters. The Kier molecular flexibility index (Phi) is 3.83. The van der Waals surface area contributed by atoms with Gasteiger partial charge in [-0.15, -0.1) is 0 Å². The van der Waals surface area contributed by atoms with Gasteiger partial charge in [0.1, 0.15) is 0 Å². The number of benzene rings is 2. The number of halogens is 1. The van der Waals surface area contributed by atoms with Crippen LogP contribution in [0.4, 0.5) is 0 Å². The summed E-state index contributed by atoms with van der Waals surface area (Å²) in [6, 6.07) is 13.2. The SMILES string of the molecule is Cc1ccc(CC(=O)c2cccc(Cl)c2)cc1C. The summed E-state index contributed by atoms with van der Waals surface area (Å²) in [5, 5.41) is 0.598. The molecule has 0 amide bonds. The van der Waals surface area contributed by atoms with E-state index in [9.17, 15) is 4.79 Å². The van der Waals surface area contributed by atoms with Crippen LogP contribution < -0.4 is 0 Å². The van der Waals surface area contributed by atoms with Crippen molar-refractivity contribution < 1.29 is 4.79 Å². The number of hydrogen-bond acceptors (Lipinski definition) is 1. The largest absolute Gasteiger partial charge is 0.294 e. The number of hydrogen-bond donors (Lipinski definition) is 0. The maximum absolute atomic E-state index is 12.1. The van der Waals surface area contributed by atoms with Crippen molar-refractivity contribution in [2.24, 2.45) is 0 Å². The van der Waals surface area contributed by atoms with Gasteiger partial charge >= 0.3 is 0 Å². The lowest BCUT2D eigenvalue weighted by Gasteiger charge is -2.05. The van der Waals surface area contributed by atoms with Gasteiger partial charge in [-0.3, -0.25) is 4.79 Å². The maximum Gasteiger partial charge on any atom is 0.167 e. The highest BCUT2D eigenvalue weighted by atomic mass is 35.5. The Balaban J connectivity index is 2.18. The molecule has 0 radical (unpaired) electrons. The van der Waals surface area contributed by atoms with Crippen LogP contribution in [0.2, 0.25) is 5.02 Å². The number of rotatable bonds is 3. The second-order valence-electron chi connectivity index (χ2n) is 4.53. The normalized spacial score (nSPS) is 10.4. The third-order valence-electron chi connectivity index (χ3n) is 3.08. The van der Waals surface area contributed by atoms with Gasteiger partial charge in [0.05, 0.1) is 0 Å². The summed E-state index contributed by atoms with van der Waals surface area (Å²) in [6.45, 7) is 4.13. The third-order valence-corrected chi connectivity index (χ3v) is 3.32. The molecule has 0 N–H and O–H groups in total. The number of aryl methyl sites for hydroxylation is 2. The predicted molar refractivity (Wildman–Crippen MR) is 75.4 cm³/mol. The fourth-order valence-corrected chi connectivity index (χ4v) is 2.05. The van der Waals surface area contributed by atoms with Crippen molar-refractivity contribution in [2.75, 3.05) is 0 Å². The second-order valence-corrected chi connectivity index (χ2v) is 4.97. The number of carbonyl (C=O) groups is 1. The quantitative estimate of drug-likeness (QED) is 0.747. The van der Waals surface area contributed by atoms with Crippen LogP contribution in [-0.2, 0) is 6.42 Å². The zero-order valence-corrected chi connectivity index (χ0v) is 11.3. The van der Waals surface area contributed by atoms with Gasteiger partial charge in [-0.05, 0) is 42.7 Å². The van der Waals surface area contributed by atoms with Crippen LogP contribution in [0.3, 0.4) is 0 Å². The van der Waals surface area contributed by atoms with Crippen LogP contribution in [0.5, 0.6) is 0 Å². The molecule has 18 heavy (non-hydrogen) atoms. The monoisotopic (exact) mass is 258 g/mol. The summed E-state index contributed by atoms with van der Waals surface area (Å²) in [6.07, 6.45) is 0.418. The molecule has 0 aromatic heterocycles. The highest BCUT2D eigenvalue weighted by Crippen LogP contribution is 2.15. The van der Waals surface area contributed by atoms with Crippen molar-refractivity contribution >= 4 is 17.4 Å². The Morgan fingerprint density at radius 3 is 2.50 bits per heavy atom. The molecule has 2 heteroatoms. The lowest BCUT2D eigenvalue weighted by Crippen LogP contribution is -2.03. The fourth-order valence-electron chi connectivity index (χ4n) is 1.86. The van der Waals surface area contributed by atoms with Crippen molar-refractivity contribution in [3.63, 3.8) is 0 Å². The summed E-state index contributed by atoms with van der Waals surface area (Å²) in [5.74, 6) is 0.0979. The molecule has 0 fully saturated rings. The van der Waals surface area contributed by atoms with E-state index in [1.807, 2.05) is 6.07 Å². The minimum atomic E-state index is 0.0979. The van der Waals surface area contributed by atoms with Gasteiger partial charge in [0, 0.05) is 17.0 Å². The summed E-state index contributed by atoms with van der Waals surface area (Å²) in [7, 11) is 0. The van der Waals surface area contributed by atoms with Crippen LogP contribution >= 0.6 is 11.6 Å². The first kappa shape index (κ1) is 12.8. The Morgan fingerprint density at radius 1 is 1.06 bits per heavy atom. The second kappa shape index (κ2) is 5.36. The van der Waals surface area contributed by atoms with Gasteiger partial charge < -0.3 is 0 Å². The molecule has 0 saturated heterocycles. The van der Waals surface area contributed by atoms with Gasteiger partial charge in [-0.1, -0.05) is 41.9 Å². The standard InChI is InChI=1S/C16H15ClO/c1-11-6-7-13(8-12(11)2)9-16(18)14-4-3-5-15(17)10-14/h3-8,10H,9H2,1-2H3. The lowest BCUT2D eigenvalue weighted by molar-refractivity contribution is 0.0993. The molecule has 0 heterocycles. The zero-order valence-electron chi connectivity index (χ0n) is 10.5. The first-order valence-electron chi connectivity index (χ1n) is 5.91. The van der Waals surface area contributed by atoms with Crippen molar-refractivity contribution in [3.05, 3.63) is 69.7 Å². The van der Waals surface area contributed by atoms with Crippen LogP contribution in [0.15, 0.2) is 42.5 Å². The molecule has 0 bridgehead atoms. The van der Waals surface area contributed by atoms with Crippen molar-refractivity contribution in [1.82, 2.24) is 0 Å². The fraction of sp³-hybridized carbons (Fsp3) is 0.188. The Morgan fingerprint density at radius 2 is 1.83 bits per heavy atom. The van der Waals surface area contributed by atoms with Crippen molar-refractivity contribution in [3.8, 4) is 0 Å². The first-order valence-corrected chi connectivity index (χ1v) is 6.29. The summed E-state index contributed by atoms with van der Waals surface area (Å²) in [5.41, 5.74) is 4.17. The zero-order chi connectivity index (χ0) is 13.1. The molecule has 2 aromatic rings. The summed E-state index contributed by atoms with van der Waals surface area (Å²) in [4.78, 5) is 12.1. The summed E-state index contributed by atoms with van der Waals surface area (Å²) >= 11 is 5.89. The molecule has 0 atom stereocenters. The van der Waals surface area contributed by atoms with E-state index in [4.69, 9.17) is 11.6 Å². The van der Waals surface area contributed by atoms with Gasteiger partial charge in [0.25, 0.3) is 0 Å². The number of ketones is 1. The van der Waals surface area contributed by atoms with E-state index in [0.717, 1.165) is 5.56 Å². The molecule has 2 rings (SSSR count). The summed E-state index contributed by atoms with van der Waals surface area (Å²) < 4.78 is 0. The minimum Gasteiger partial charge on any atom is -0.294 e. The molecule has 0 aliphatic carbocycles. The van der Waals surface area contributed by atoms with Crippen LogP contribution in [-0.4, -0.2) is 5.78 Å². The van der Waals surface area contributed by atoms with E-state index in [1.54, 1.807) is 24.3 Å². The molecule has 0 spiro atoms. The van der Waals surface area contributed by atoms with E-state index >= 15 is 0 Å². The molecule has 0 aliphatic heterocycles. The van der Waals surface area contributed by atoms with Gasteiger partial charge in [-0.2, -0.15) is 0 Å². The van der Waals surface area contributed by atoms with Crippen molar-refractivity contribution in [1.29, 1.82) is 0 Å². The van der Waals surface area contributed by atoms with Gasteiger partial charge in [-0.25, -0.2) is 0 Å². The van der Waals surface area contributed by atoms with Crippen LogP contribution in [0, 0.1) is 13.8 Å². The minimum absolute atomic E-state index is 0.0979. The smallest absolute Gasteiger partial charge is 0.167 e. The van der Waals surface area contributed by atoms with E-state index in [0.29, 0.717) is 17.0 Å². The lowest BCUT2D eigenvalue weighted by atomic mass is 10.00. The van der Waals surface area contributed by atoms with Gasteiger partial charge in [0.15, 0.2) is 5.78 Å². The molecule has 2 aromatic carbocycles. The molecule has 1 nitrogen and oxygen atoms in total. The average molecular weight is 259 g/mol. The van der Waals surface area contributed by atoms with E-state index in [1.165, 1.54) is 11.1 Å². The van der Waals surface area contributed by atoms with Crippen LogP contribution in [0.25, 0.3) is 0 Å². The van der Waals surface area contributed by atoms with Gasteiger partial charge in [0.2, 0.25) is 0 Å². The van der Waals surface area contributed by atoms with E-state index < -0.39 is 0 Å². The Hall–Kier alpha value is -1.60. The predicted octanol–water partition coefficient (Wildman–Crippen LogP) is 4.38. The Labute approximate surface area is 112 Å². The molecule has 92 valence electrons. The molecule has 0 saturated carbocycles.